The molecule has 1 aliphatic rings. The lowest BCUT2D eigenvalue weighted by Crippen LogP contribution is -2.35. The minimum Gasteiger partial charge on any atom is -0.303 e. The molecule has 0 radical (unpaired) electrons. The Morgan fingerprint density at radius 2 is 2.20 bits per heavy atom. The number of nitrogens with two attached hydrogens (primary N) is 1. The molecule has 1 saturated carbocycles. The van der Waals surface area contributed by atoms with Crippen molar-refractivity contribution < 1.29 is 0 Å². The van der Waals surface area contributed by atoms with Crippen molar-refractivity contribution in [2.75, 3.05) is 13.2 Å². The molecule has 0 aliphatic heterocycles. The fraction of sp³-hybridized carbons (Fsp3) is 1.00. The third-order valence-corrected chi connectivity index (χ3v) is 2.18. The lowest BCUT2D eigenvalue weighted by molar-refractivity contribution is 0.291. The molecule has 3 nitrogen and oxygen atoms in total. The molecule has 1 rings (SSSR count). The molecule has 60 valence electrons. The molecule has 0 aromatic heterocycles. The molecule has 0 unspecified atom stereocenters. The Morgan fingerprint density at radius 1 is 1.40 bits per heavy atom. The van der Waals surface area contributed by atoms with Gasteiger partial charge in [-0.3, -0.25) is 5.84 Å². The molecule has 10 heavy (non-hydrogen) atoms. The largest absolute Gasteiger partial charge is 0.303 e. The molecule has 0 aromatic carbocycles. The maximum absolute atomic E-state index is 5.08. The van der Waals surface area contributed by atoms with E-state index >= 15 is 0 Å². The third kappa shape index (κ3) is 2.64. The molecular formula is C7H17N3. The summed E-state index contributed by atoms with van der Waals surface area (Å²) >= 11 is 0. The van der Waals surface area contributed by atoms with Crippen LogP contribution in [0.15, 0.2) is 0 Å². The van der Waals surface area contributed by atoms with E-state index in [1.807, 2.05) is 0 Å². The van der Waals surface area contributed by atoms with Crippen LogP contribution in [0.5, 0.6) is 0 Å². The first-order chi connectivity index (χ1) is 4.93. The van der Waals surface area contributed by atoms with Crippen LogP contribution in [-0.4, -0.2) is 13.2 Å². The summed E-state index contributed by atoms with van der Waals surface area (Å²) in [7, 11) is 0. The van der Waals surface area contributed by atoms with E-state index in [2.05, 4.69) is 10.7 Å². The lowest BCUT2D eigenvalue weighted by atomic mass is 9.83. The van der Waals surface area contributed by atoms with Crippen LogP contribution in [0.25, 0.3) is 0 Å². The van der Waals surface area contributed by atoms with Crippen LogP contribution >= 0.6 is 0 Å². The Bertz CT molecular complexity index is 80.9. The quantitative estimate of drug-likeness (QED) is 0.223. The second-order valence-electron chi connectivity index (χ2n) is 2.97. The minimum atomic E-state index is 0.729. The average molecular weight is 143 g/mol. The zero-order valence-corrected chi connectivity index (χ0v) is 6.40. The third-order valence-electron chi connectivity index (χ3n) is 2.18. The van der Waals surface area contributed by atoms with Gasteiger partial charge in [-0.25, -0.2) is 5.43 Å². The Balaban J connectivity index is 1.76. The summed E-state index contributed by atoms with van der Waals surface area (Å²) in [4.78, 5) is 0. The predicted octanol–water partition coefficient (Wildman–Crippen LogP) is 0.187. The Morgan fingerprint density at radius 3 is 2.70 bits per heavy atom. The average Bonchev–Trinajstić information content (AvgIpc) is 1.84. The molecular weight excluding hydrogens is 126 g/mol. The highest BCUT2D eigenvalue weighted by molar-refractivity contribution is 4.69. The normalized spacial score (nSPS) is 18.9. The van der Waals surface area contributed by atoms with E-state index in [0.717, 1.165) is 19.1 Å². The SMILES string of the molecule is NNCNCCC1CCC1. The monoisotopic (exact) mass is 143 g/mol. The van der Waals surface area contributed by atoms with E-state index in [-0.39, 0.29) is 0 Å². The van der Waals surface area contributed by atoms with Gasteiger partial charge in [0.1, 0.15) is 0 Å². The highest BCUT2D eigenvalue weighted by Gasteiger charge is 2.15. The van der Waals surface area contributed by atoms with Crippen molar-refractivity contribution in [3.8, 4) is 0 Å². The molecule has 1 aliphatic carbocycles. The van der Waals surface area contributed by atoms with Crippen LogP contribution < -0.4 is 16.6 Å². The number of hydrogen-bond acceptors (Lipinski definition) is 3. The second kappa shape index (κ2) is 4.66. The van der Waals surface area contributed by atoms with Crippen LogP contribution in [0.3, 0.4) is 0 Å². The van der Waals surface area contributed by atoms with Crippen molar-refractivity contribution in [2.45, 2.75) is 25.7 Å². The molecule has 4 N–H and O–H groups in total. The molecule has 0 saturated heterocycles. The van der Waals surface area contributed by atoms with E-state index in [1.54, 1.807) is 0 Å². The summed E-state index contributed by atoms with van der Waals surface area (Å²) in [5.41, 5.74) is 2.57. The Hall–Kier alpha value is -0.120. The molecule has 1 fully saturated rings. The van der Waals surface area contributed by atoms with Crippen molar-refractivity contribution in [2.24, 2.45) is 11.8 Å². The van der Waals surface area contributed by atoms with Gasteiger partial charge in [0, 0.05) is 0 Å². The van der Waals surface area contributed by atoms with Crippen LogP contribution in [0, 0.1) is 5.92 Å². The van der Waals surface area contributed by atoms with E-state index in [4.69, 9.17) is 5.84 Å². The maximum atomic E-state index is 5.08. The van der Waals surface area contributed by atoms with Crippen molar-refractivity contribution in [3.63, 3.8) is 0 Å². The number of nitrogens with one attached hydrogen (secondary N) is 2. The second-order valence-corrected chi connectivity index (χ2v) is 2.97. The van der Waals surface area contributed by atoms with Crippen LogP contribution in [-0.2, 0) is 0 Å². The molecule has 3 heteroatoms. The molecule has 0 aromatic rings. The van der Waals surface area contributed by atoms with E-state index in [9.17, 15) is 0 Å². The first-order valence-electron chi connectivity index (χ1n) is 4.07. The summed E-state index contributed by atoms with van der Waals surface area (Å²) in [6.45, 7) is 1.83. The number of hydrogen-bond donors (Lipinski definition) is 3. The van der Waals surface area contributed by atoms with Crippen molar-refractivity contribution in [1.29, 1.82) is 0 Å². The summed E-state index contributed by atoms with van der Waals surface area (Å²) in [6.07, 6.45) is 5.65. The molecule has 0 bridgehead atoms. The van der Waals surface area contributed by atoms with Gasteiger partial charge >= 0.3 is 0 Å². The summed E-state index contributed by atoms with van der Waals surface area (Å²) in [5, 5.41) is 3.20. The van der Waals surface area contributed by atoms with Gasteiger partial charge < -0.3 is 5.32 Å². The van der Waals surface area contributed by atoms with Gasteiger partial charge in [0.25, 0.3) is 0 Å². The van der Waals surface area contributed by atoms with Gasteiger partial charge in [0.2, 0.25) is 0 Å². The standard InChI is InChI=1S/C7H17N3/c8-10-6-9-5-4-7-2-1-3-7/h7,9-10H,1-6,8H2. The smallest absolute Gasteiger partial charge is 0.0587 e. The van der Waals surface area contributed by atoms with Gasteiger partial charge in [0.15, 0.2) is 0 Å². The van der Waals surface area contributed by atoms with Crippen LogP contribution in [0.1, 0.15) is 25.7 Å². The fourth-order valence-electron chi connectivity index (χ4n) is 1.25. The van der Waals surface area contributed by atoms with Gasteiger partial charge in [-0.2, -0.15) is 0 Å². The minimum absolute atomic E-state index is 0.729. The highest BCUT2D eigenvalue weighted by Crippen LogP contribution is 2.28. The first-order valence-corrected chi connectivity index (χ1v) is 4.07. The zero-order chi connectivity index (χ0) is 7.23. The van der Waals surface area contributed by atoms with E-state index in [0.29, 0.717) is 0 Å². The number of hydrazine groups is 1. The van der Waals surface area contributed by atoms with Crippen molar-refractivity contribution in [1.82, 2.24) is 10.7 Å². The van der Waals surface area contributed by atoms with Crippen molar-refractivity contribution in [3.05, 3.63) is 0 Å². The van der Waals surface area contributed by atoms with Gasteiger partial charge in [-0.1, -0.05) is 19.3 Å². The van der Waals surface area contributed by atoms with Gasteiger partial charge in [-0.15, -0.1) is 0 Å². The van der Waals surface area contributed by atoms with Gasteiger partial charge in [0.05, 0.1) is 6.67 Å². The summed E-state index contributed by atoms with van der Waals surface area (Å²) in [6, 6.07) is 0. The topological polar surface area (TPSA) is 50.1 Å². The highest BCUT2D eigenvalue weighted by atomic mass is 15.3. The summed E-state index contributed by atoms with van der Waals surface area (Å²) in [5.74, 6) is 6.08. The van der Waals surface area contributed by atoms with Gasteiger partial charge in [-0.05, 0) is 18.9 Å². The zero-order valence-electron chi connectivity index (χ0n) is 6.40. The van der Waals surface area contributed by atoms with Crippen LogP contribution in [0.4, 0.5) is 0 Å². The Kier molecular flexibility index (Phi) is 3.72. The van der Waals surface area contributed by atoms with E-state index < -0.39 is 0 Å². The Labute approximate surface area is 62.3 Å². The number of rotatable bonds is 5. The summed E-state index contributed by atoms with van der Waals surface area (Å²) < 4.78 is 0. The fourth-order valence-corrected chi connectivity index (χ4v) is 1.25. The van der Waals surface area contributed by atoms with Crippen LogP contribution in [0.2, 0.25) is 0 Å². The maximum Gasteiger partial charge on any atom is 0.0587 e. The molecule has 0 heterocycles. The van der Waals surface area contributed by atoms with Crippen molar-refractivity contribution >= 4 is 0 Å². The first kappa shape index (κ1) is 7.98. The molecule has 0 spiro atoms. The lowest BCUT2D eigenvalue weighted by Gasteiger charge is -2.25. The molecule has 0 atom stereocenters. The predicted molar refractivity (Wildman–Crippen MR) is 42.2 cm³/mol. The molecule has 0 amide bonds. The van der Waals surface area contributed by atoms with E-state index in [1.165, 1.54) is 25.7 Å².